The molecule has 0 heterocycles. The summed E-state index contributed by atoms with van der Waals surface area (Å²) in [4.78, 5) is 0. The van der Waals surface area contributed by atoms with Gasteiger partial charge in [0.2, 0.25) is 0 Å². The molecular weight excluding hydrogens is 202 g/mol. The van der Waals surface area contributed by atoms with E-state index < -0.39 is 13.0 Å². The average molecular weight is 222 g/mol. The number of nitrogens with one attached hydrogen (secondary N) is 1. The monoisotopic (exact) mass is 222 g/mol. The lowest BCUT2D eigenvalue weighted by atomic mass is 9.92. The van der Waals surface area contributed by atoms with Gasteiger partial charge < -0.3 is 15.8 Å². The highest BCUT2D eigenvalue weighted by Crippen LogP contribution is 2.16. The molecule has 0 aromatic carbocycles. The van der Waals surface area contributed by atoms with Crippen LogP contribution in [-0.2, 0) is 4.74 Å². The molecule has 90 valence electrons. The zero-order valence-electron chi connectivity index (χ0n) is 8.92. The highest BCUT2D eigenvalue weighted by atomic mass is 19.3. The molecule has 0 radical (unpaired) electrons. The second-order valence-corrected chi connectivity index (χ2v) is 4.03. The van der Waals surface area contributed by atoms with Crippen molar-refractivity contribution >= 4 is 0 Å². The highest BCUT2D eigenvalue weighted by Gasteiger charge is 2.17. The molecule has 0 spiro atoms. The summed E-state index contributed by atoms with van der Waals surface area (Å²) in [6, 6.07) is 0.832. The minimum atomic E-state index is -2.36. The first-order valence-corrected chi connectivity index (χ1v) is 5.53. The van der Waals surface area contributed by atoms with Crippen molar-refractivity contribution in [2.24, 2.45) is 5.73 Å². The lowest BCUT2D eigenvalue weighted by molar-refractivity contribution is 0.0179. The second-order valence-electron chi connectivity index (χ2n) is 4.03. The zero-order valence-corrected chi connectivity index (χ0v) is 8.92. The summed E-state index contributed by atoms with van der Waals surface area (Å²) in [5.74, 6) is 0. The standard InChI is InChI=1S/C10H20F2N2O/c11-10(12)7-15-6-5-14-9-3-1-8(13)2-4-9/h8-10,14H,1-7,13H2. The van der Waals surface area contributed by atoms with Crippen molar-refractivity contribution in [3.63, 3.8) is 0 Å². The Balaban J connectivity index is 1.91. The van der Waals surface area contributed by atoms with Gasteiger partial charge in [-0.05, 0) is 25.7 Å². The van der Waals surface area contributed by atoms with Crippen LogP contribution in [0.2, 0.25) is 0 Å². The van der Waals surface area contributed by atoms with E-state index in [-0.39, 0.29) is 0 Å². The van der Waals surface area contributed by atoms with E-state index in [1.807, 2.05) is 0 Å². The molecule has 0 aliphatic heterocycles. The number of rotatable bonds is 6. The average Bonchev–Trinajstić information content (AvgIpc) is 2.20. The first-order valence-electron chi connectivity index (χ1n) is 5.53. The van der Waals surface area contributed by atoms with Crippen LogP contribution in [0.25, 0.3) is 0 Å². The predicted octanol–water partition coefficient (Wildman–Crippen LogP) is 1.13. The summed E-state index contributed by atoms with van der Waals surface area (Å²) in [6.45, 7) is 0.538. The number of hydrogen-bond acceptors (Lipinski definition) is 3. The first kappa shape index (κ1) is 12.8. The van der Waals surface area contributed by atoms with E-state index in [9.17, 15) is 8.78 Å². The summed E-state index contributed by atoms with van der Waals surface area (Å²) >= 11 is 0. The van der Waals surface area contributed by atoms with E-state index >= 15 is 0 Å². The molecule has 1 aliphatic carbocycles. The molecule has 1 rings (SSSR count). The Kier molecular flexibility index (Phi) is 6.05. The fourth-order valence-corrected chi connectivity index (χ4v) is 1.83. The van der Waals surface area contributed by atoms with Crippen LogP contribution in [0, 0.1) is 0 Å². The molecule has 15 heavy (non-hydrogen) atoms. The van der Waals surface area contributed by atoms with Crippen LogP contribution in [0.5, 0.6) is 0 Å². The van der Waals surface area contributed by atoms with Crippen molar-refractivity contribution in [1.82, 2.24) is 5.32 Å². The van der Waals surface area contributed by atoms with Gasteiger partial charge in [-0.25, -0.2) is 8.78 Å². The normalized spacial score (nSPS) is 27.2. The van der Waals surface area contributed by atoms with E-state index in [1.165, 1.54) is 0 Å². The van der Waals surface area contributed by atoms with Crippen LogP contribution < -0.4 is 11.1 Å². The summed E-state index contributed by atoms with van der Waals surface area (Å²) in [6.07, 6.45) is 1.90. The Hall–Kier alpha value is -0.260. The van der Waals surface area contributed by atoms with Crippen molar-refractivity contribution in [3.05, 3.63) is 0 Å². The molecule has 0 unspecified atom stereocenters. The summed E-state index contributed by atoms with van der Waals surface area (Å²) in [7, 11) is 0. The second kappa shape index (κ2) is 7.09. The lowest BCUT2D eigenvalue weighted by Gasteiger charge is -2.26. The number of ether oxygens (including phenoxy) is 1. The lowest BCUT2D eigenvalue weighted by Crippen LogP contribution is -2.38. The summed E-state index contributed by atoms with van der Waals surface area (Å²) in [5, 5.41) is 3.29. The van der Waals surface area contributed by atoms with Crippen molar-refractivity contribution in [2.75, 3.05) is 19.8 Å². The van der Waals surface area contributed by atoms with E-state index in [2.05, 4.69) is 5.32 Å². The smallest absolute Gasteiger partial charge is 0.261 e. The van der Waals surface area contributed by atoms with Gasteiger partial charge in [0, 0.05) is 18.6 Å². The molecule has 1 saturated carbocycles. The van der Waals surface area contributed by atoms with Crippen molar-refractivity contribution in [2.45, 2.75) is 44.2 Å². The molecule has 5 heteroatoms. The Morgan fingerprint density at radius 1 is 1.27 bits per heavy atom. The van der Waals surface area contributed by atoms with Crippen LogP contribution in [0.3, 0.4) is 0 Å². The molecule has 0 amide bonds. The fourth-order valence-electron chi connectivity index (χ4n) is 1.83. The summed E-state index contributed by atoms with van der Waals surface area (Å²) in [5.41, 5.74) is 5.77. The van der Waals surface area contributed by atoms with Gasteiger partial charge in [-0.1, -0.05) is 0 Å². The largest absolute Gasteiger partial charge is 0.374 e. The van der Waals surface area contributed by atoms with Crippen molar-refractivity contribution in [3.8, 4) is 0 Å². The Morgan fingerprint density at radius 2 is 1.93 bits per heavy atom. The van der Waals surface area contributed by atoms with Gasteiger partial charge in [0.1, 0.15) is 6.61 Å². The molecule has 0 atom stereocenters. The van der Waals surface area contributed by atoms with E-state index in [0.717, 1.165) is 25.7 Å². The van der Waals surface area contributed by atoms with Crippen LogP contribution in [-0.4, -0.2) is 38.3 Å². The Morgan fingerprint density at radius 3 is 2.53 bits per heavy atom. The SMILES string of the molecule is NC1CCC(NCCOCC(F)F)CC1. The number of nitrogens with two attached hydrogens (primary N) is 1. The first-order chi connectivity index (χ1) is 7.18. The third-order valence-corrected chi connectivity index (χ3v) is 2.70. The zero-order chi connectivity index (χ0) is 11.1. The number of alkyl halides is 2. The molecule has 0 bridgehead atoms. The highest BCUT2D eigenvalue weighted by molar-refractivity contribution is 4.78. The van der Waals surface area contributed by atoms with Gasteiger partial charge in [-0.2, -0.15) is 0 Å². The maximum atomic E-state index is 11.7. The van der Waals surface area contributed by atoms with Gasteiger partial charge in [0.15, 0.2) is 0 Å². The molecule has 0 aromatic heterocycles. The summed E-state index contributed by atoms with van der Waals surface area (Å²) < 4.78 is 28.2. The third-order valence-electron chi connectivity index (χ3n) is 2.70. The Labute approximate surface area is 89.4 Å². The maximum Gasteiger partial charge on any atom is 0.261 e. The maximum absolute atomic E-state index is 11.7. The minimum absolute atomic E-state index is 0.345. The molecule has 3 N–H and O–H groups in total. The molecular formula is C10H20F2N2O. The fraction of sp³-hybridized carbons (Fsp3) is 1.00. The van der Waals surface area contributed by atoms with Crippen LogP contribution in [0.4, 0.5) is 8.78 Å². The van der Waals surface area contributed by atoms with Gasteiger partial charge in [-0.3, -0.25) is 0 Å². The molecule has 1 fully saturated rings. The van der Waals surface area contributed by atoms with Gasteiger partial charge in [0.25, 0.3) is 6.43 Å². The molecule has 3 nitrogen and oxygen atoms in total. The van der Waals surface area contributed by atoms with Crippen LogP contribution in [0.1, 0.15) is 25.7 Å². The molecule has 0 saturated heterocycles. The van der Waals surface area contributed by atoms with Crippen LogP contribution >= 0.6 is 0 Å². The van der Waals surface area contributed by atoms with Gasteiger partial charge >= 0.3 is 0 Å². The quantitative estimate of drug-likeness (QED) is 0.662. The third kappa shape index (κ3) is 6.02. The van der Waals surface area contributed by atoms with Gasteiger partial charge in [-0.15, -0.1) is 0 Å². The number of hydrogen-bond donors (Lipinski definition) is 2. The molecule has 1 aliphatic rings. The van der Waals surface area contributed by atoms with Crippen LogP contribution in [0.15, 0.2) is 0 Å². The molecule has 0 aromatic rings. The van der Waals surface area contributed by atoms with Crippen molar-refractivity contribution < 1.29 is 13.5 Å². The van der Waals surface area contributed by atoms with E-state index in [0.29, 0.717) is 25.2 Å². The predicted molar refractivity (Wildman–Crippen MR) is 55.1 cm³/mol. The minimum Gasteiger partial charge on any atom is -0.374 e. The van der Waals surface area contributed by atoms with Gasteiger partial charge in [0.05, 0.1) is 6.61 Å². The number of halogens is 2. The topological polar surface area (TPSA) is 47.3 Å². The van der Waals surface area contributed by atoms with Crippen molar-refractivity contribution in [1.29, 1.82) is 0 Å². The van der Waals surface area contributed by atoms with E-state index in [4.69, 9.17) is 10.5 Å². The Bertz CT molecular complexity index is 162. The van der Waals surface area contributed by atoms with E-state index in [1.54, 1.807) is 0 Å².